The van der Waals surface area contributed by atoms with Gasteiger partial charge in [-0.05, 0) is 42.8 Å². The number of hydrogen-bond acceptors (Lipinski definition) is 4. The summed E-state index contributed by atoms with van der Waals surface area (Å²) in [4.78, 5) is 18.8. The highest BCUT2D eigenvalue weighted by molar-refractivity contribution is 5.98. The number of aliphatic hydroxyl groups is 1. The van der Waals surface area contributed by atoms with E-state index in [0.29, 0.717) is 24.3 Å². The number of carbonyl (C=O) groups is 1. The lowest BCUT2D eigenvalue weighted by Crippen LogP contribution is -2.40. The molecule has 132 valence electrons. The normalized spacial score (nSPS) is 19.7. The third kappa shape index (κ3) is 3.39. The molecule has 0 unspecified atom stereocenters. The van der Waals surface area contributed by atoms with E-state index in [2.05, 4.69) is 4.98 Å². The van der Waals surface area contributed by atoms with Crippen LogP contribution in [0.2, 0.25) is 0 Å². The van der Waals surface area contributed by atoms with Gasteiger partial charge in [-0.2, -0.15) is 0 Å². The van der Waals surface area contributed by atoms with Crippen LogP contribution in [0.4, 0.5) is 0 Å². The Morgan fingerprint density at radius 3 is 2.85 bits per heavy atom. The van der Waals surface area contributed by atoms with Gasteiger partial charge in [-0.25, -0.2) is 0 Å². The maximum Gasteiger partial charge on any atom is 0.253 e. The lowest BCUT2D eigenvalue weighted by molar-refractivity contribution is 0.00431. The highest BCUT2D eigenvalue weighted by Crippen LogP contribution is 2.25. The summed E-state index contributed by atoms with van der Waals surface area (Å²) >= 11 is 0. The minimum Gasteiger partial charge on any atom is -0.491 e. The van der Waals surface area contributed by atoms with Gasteiger partial charge in [-0.1, -0.05) is 24.3 Å². The zero-order valence-electron chi connectivity index (χ0n) is 14.3. The Morgan fingerprint density at radius 2 is 2.00 bits per heavy atom. The van der Waals surface area contributed by atoms with Gasteiger partial charge < -0.3 is 14.7 Å². The number of pyridine rings is 1. The van der Waals surface area contributed by atoms with Crippen molar-refractivity contribution in [1.29, 1.82) is 0 Å². The van der Waals surface area contributed by atoms with E-state index in [1.807, 2.05) is 54.6 Å². The fourth-order valence-corrected chi connectivity index (χ4v) is 3.27. The molecule has 2 aromatic carbocycles. The minimum atomic E-state index is -1.02. The van der Waals surface area contributed by atoms with Crippen LogP contribution in [0.3, 0.4) is 0 Å². The second-order valence-electron chi connectivity index (χ2n) is 6.71. The highest BCUT2D eigenvalue weighted by Gasteiger charge is 2.39. The average molecular weight is 348 g/mol. The van der Waals surface area contributed by atoms with E-state index >= 15 is 0 Å². The molecule has 5 heteroatoms. The van der Waals surface area contributed by atoms with E-state index < -0.39 is 5.60 Å². The SMILES string of the molecule is O=C(c1ccc2ncccc2c1)N1CC[C@@](O)(COc2ccccc2)C1. The lowest BCUT2D eigenvalue weighted by atomic mass is 10.1. The first kappa shape index (κ1) is 16.5. The minimum absolute atomic E-state index is 0.0774. The molecule has 1 saturated heterocycles. The number of fused-ring (bicyclic) bond motifs is 1. The van der Waals surface area contributed by atoms with Gasteiger partial charge >= 0.3 is 0 Å². The van der Waals surface area contributed by atoms with Crippen LogP contribution in [-0.4, -0.2) is 46.2 Å². The van der Waals surface area contributed by atoms with Crippen LogP contribution in [0.15, 0.2) is 66.9 Å². The fourth-order valence-electron chi connectivity index (χ4n) is 3.27. The van der Waals surface area contributed by atoms with E-state index in [-0.39, 0.29) is 19.1 Å². The summed E-state index contributed by atoms with van der Waals surface area (Å²) in [6.07, 6.45) is 2.23. The van der Waals surface area contributed by atoms with Crippen molar-refractivity contribution >= 4 is 16.8 Å². The number of likely N-dealkylation sites (tertiary alicyclic amines) is 1. The van der Waals surface area contributed by atoms with Crippen molar-refractivity contribution in [3.8, 4) is 5.75 Å². The number of hydrogen-bond donors (Lipinski definition) is 1. The Kier molecular flexibility index (Phi) is 4.31. The standard InChI is InChI=1S/C21H20N2O3/c24-20(17-8-9-19-16(13-17)5-4-11-22-19)23-12-10-21(25,14-23)15-26-18-6-2-1-3-7-18/h1-9,11,13,25H,10,12,14-15H2/t21-/m0/s1. The fraction of sp³-hybridized carbons (Fsp3) is 0.238. The molecule has 26 heavy (non-hydrogen) atoms. The van der Waals surface area contributed by atoms with Gasteiger partial charge in [0.05, 0.1) is 12.1 Å². The number of carbonyl (C=O) groups excluding carboxylic acids is 1. The van der Waals surface area contributed by atoms with Crippen molar-refractivity contribution in [3.05, 3.63) is 72.4 Å². The Hall–Kier alpha value is -2.92. The molecule has 1 aliphatic heterocycles. The second-order valence-corrected chi connectivity index (χ2v) is 6.71. The van der Waals surface area contributed by atoms with Gasteiger partial charge in [-0.15, -0.1) is 0 Å². The highest BCUT2D eigenvalue weighted by atomic mass is 16.5. The van der Waals surface area contributed by atoms with Crippen molar-refractivity contribution < 1.29 is 14.6 Å². The number of β-amino-alcohol motifs (C(OH)–C–C–N with tert-alkyl or cyclic N) is 1. The van der Waals surface area contributed by atoms with E-state index in [9.17, 15) is 9.90 Å². The molecule has 4 rings (SSSR count). The summed E-state index contributed by atoms with van der Waals surface area (Å²) < 4.78 is 5.69. The lowest BCUT2D eigenvalue weighted by Gasteiger charge is -2.23. The molecule has 1 N–H and O–H groups in total. The summed E-state index contributed by atoms with van der Waals surface area (Å²) in [6, 6.07) is 18.7. The van der Waals surface area contributed by atoms with E-state index in [4.69, 9.17) is 4.74 Å². The Balaban J connectivity index is 1.44. The van der Waals surface area contributed by atoms with Crippen LogP contribution in [0.1, 0.15) is 16.8 Å². The summed E-state index contributed by atoms with van der Waals surface area (Å²) in [5.41, 5.74) is 0.446. The van der Waals surface area contributed by atoms with Crippen LogP contribution >= 0.6 is 0 Å². The molecule has 0 saturated carbocycles. The molecule has 1 fully saturated rings. The van der Waals surface area contributed by atoms with Gasteiger partial charge in [0.2, 0.25) is 0 Å². The zero-order chi connectivity index (χ0) is 18.0. The molecule has 1 aromatic heterocycles. The molecule has 2 heterocycles. The van der Waals surface area contributed by atoms with Gasteiger partial charge in [0.25, 0.3) is 5.91 Å². The van der Waals surface area contributed by atoms with Crippen LogP contribution in [0, 0.1) is 0 Å². The Morgan fingerprint density at radius 1 is 1.15 bits per heavy atom. The summed E-state index contributed by atoms with van der Waals surface area (Å²) in [5.74, 6) is 0.638. The van der Waals surface area contributed by atoms with Gasteiger partial charge in [0.1, 0.15) is 18.0 Å². The van der Waals surface area contributed by atoms with E-state index in [0.717, 1.165) is 10.9 Å². The smallest absolute Gasteiger partial charge is 0.253 e. The molecule has 5 nitrogen and oxygen atoms in total. The quantitative estimate of drug-likeness (QED) is 0.787. The number of rotatable bonds is 4. The van der Waals surface area contributed by atoms with Gasteiger partial charge in [-0.3, -0.25) is 9.78 Å². The van der Waals surface area contributed by atoms with E-state index in [1.54, 1.807) is 17.2 Å². The number of amides is 1. The maximum atomic E-state index is 12.8. The number of ether oxygens (including phenoxy) is 1. The average Bonchev–Trinajstić information content (AvgIpc) is 3.09. The monoisotopic (exact) mass is 348 g/mol. The predicted octanol–water partition coefficient (Wildman–Crippen LogP) is 2.89. The van der Waals surface area contributed by atoms with Crippen molar-refractivity contribution in [3.63, 3.8) is 0 Å². The van der Waals surface area contributed by atoms with Crippen LogP contribution < -0.4 is 4.74 Å². The van der Waals surface area contributed by atoms with Crippen LogP contribution in [0.5, 0.6) is 5.75 Å². The van der Waals surface area contributed by atoms with Crippen LogP contribution in [-0.2, 0) is 0 Å². The molecule has 1 atom stereocenters. The molecule has 1 aliphatic rings. The molecular formula is C21H20N2O3. The third-order valence-electron chi connectivity index (χ3n) is 4.72. The number of aromatic nitrogens is 1. The van der Waals surface area contributed by atoms with Crippen molar-refractivity contribution in [1.82, 2.24) is 9.88 Å². The second kappa shape index (κ2) is 6.77. The number of para-hydroxylation sites is 1. The molecule has 0 aliphatic carbocycles. The van der Waals surface area contributed by atoms with Crippen molar-refractivity contribution in [2.45, 2.75) is 12.0 Å². The Labute approximate surface area is 151 Å². The van der Waals surface area contributed by atoms with Crippen LogP contribution in [0.25, 0.3) is 10.9 Å². The first-order valence-corrected chi connectivity index (χ1v) is 8.67. The van der Waals surface area contributed by atoms with Gasteiger partial charge in [0.15, 0.2) is 0 Å². The number of benzene rings is 2. The largest absolute Gasteiger partial charge is 0.491 e. The molecule has 0 radical (unpaired) electrons. The summed E-state index contributed by atoms with van der Waals surface area (Å²) in [6.45, 7) is 0.949. The Bertz CT molecular complexity index is 929. The first-order valence-electron chi connectivity index (χ1n) is 8.67. The molecule has 3 aromatic rings. The van der Waals surface area contributed by atoms with Gasteiger partial charge in [0, 0.05) is 23.7 Å². The molecule has 0 bridgehead atoms. The maximum absolute atomic E-state index is 12.8. The molecule has 1 amide bonds. The number of nitrogens with zero attached hydrogens (tertiary/aromatic N) is 2. The summed E-state index contributed by atoms with van der Waals surface area (Å²) in [5, 5.41) is 11.7. The van der Waals surface area contributed by atoms with Crippen molar-refractivity contribution in [2.75, 3.05) is 19.7 Å². The molecular weight excluding hydrogens is 328 g/mol. The predicted molar refractivity (Wildman–Crippen MR) is 99.2 cm³/mol. The third-order valence-corrected chi connectivity index (χ3v) is 4.72. The summed E-state index contributed by atoms with van der Waals surface area (Å²) in [7, 11) is 0. The first-order chi connectivity index (χ1) is 12.6. The topological polar surface area (TPSA) is 62.7 Å². The zero-order valence-corrected chi connectivity index (χ0v) is 14.3. The molecule has 0 spiro atoms. The van der Waals surface area contributed by atoms with Crippen molar-refractivity contribution in [2.24, 2.45) is 0 Å². The van der Waals surface area contributed by atoms with E-state index in [1.165, 1.54) is 0 Å².